The van der Waals surface area contributed by atoms with Crippen LogP contribution in [-0.4, -0.2) is 46.0 Å². The number of methoxy groups -OCH3 is 2. The van der Waals surface area contributed by atoms with Crippen LogP contribution in [0.1, 0.15) is 12.8 Å². The topological polar surface area (TPSA) is 68.7 Å². The summed E-state index contributed by atoms with van der Waals surface area (Å²) in [5.41, 5.74) is 1.72. The van der Waals surface area contributed by atoms with Crippen molar-refractivity contribution in [2.45, 2.75) is 23.0 Å². The molecule has 2 aromatic carbocycles. The molecule has 1 aliphatic heterocycles. The third kappa shape index (κ3) is 4.69. The van der Waals surface area contributed by atoms with Crippen LogP contribution in [-0.2, 0) is 9.84 Å². The summed E-state index contributed by atoms with van der Waals surface area (Å²) < 4.78 is 36.9. The van der Waals surface area contributed by atoms with E-state index >= 15 is 0 Å². The summed E-state index contributed by atoms with van der Waals surface area (Å²) in [7, 11) is -0.340. The Kier molecular flexibility index (Phi) is 6.86. The number of ether oxygens (including phenoxy) is 2. The van der Waals surface area contributed by atoms with Crippen molar-refractivity contribution in [1.82, 2.24) is 4.98 Å². The average Bonchev–Trinajstić information content (AvgIpc) is 3.30. The van der Waals surface area contributed by atoms with Crippen molar-refractivity contribution < 1.29 is 17.9 Å². The zero-order valence-electron chi connectivity index (χ0n) is 17.5. The molecule has 170 valence electrons. The van der Waals surface area contributed by atoms with Crippen molar-refractivity contribution in [3.63, 3.8) is 0 Å². The van der Waals surface area contributed by atoms with E-state index in [1.54, 1.807) is 20.3 Å². The third-order valence-corrected chi connectivity index (χ3v) is 9.37. The summed E-state index contributed by atoms with van der Waals surface area (Å²) in [4.78, 5) is 7.00. The van der Waals surface area contributed by atoms with Gasteiger partial charge in [0.15, 0.2) is 15.0 Å². The molecule has 0 aliphatic carbocycles. The predicted molar refractivity (Wildman–Crippen MR) is 130 cm³/mol. The fourth-order valence-corrected chi connectivity index (χ4v) is 7.12. The molecule has 32 heavy (non-hydrogen) atoms. The van der Waals surface area contributed by atoms with E-state index in [1.807, 2.05) is 23.6 Å². The van der Waals surface area contributed by atoms with Gasteiger partial charge in [-0.2, -0.15) is 0 Å². The highest BCUT2D eigenvalue weighted by atomic mass is 35.5. The Bertz CT molecular complexity index is 1200. The summed E-state index contributed by atoms with van der Waals surface area (Å²) >= 11 is 13.7. The number of anilines is 1. The number of benzene rings is 2. The molecule has 0 amide bonds. The minimum absolute atomic E-state index is 0.105. The highest BCUT2D eigenvalue weighted by molar-refractivity contribution is 7.92. The number of halogens is 2. The van der Waals surface area contributed by atoms with Gasteiger partial charge < -0.3 is 14.4 Å². The molecule has 1 aliphatic rings. The molecule has 0 atom stereocenters. The maximum absolute atomic E-state index is 13.1. The minimum Gasteiger partial charge on any atom is -0.497 e. The van der Waals surface area contributed by atoms with Crippen LogP contribution >= 0.6 is 34.5 Å². The maximum atomic E-state index is 13.1. The average molecular weight is 513 g/mol. The van der Waals surface area contributed by atoms with Crippen LogP contribution in [0.4, 0.5) is 5.13 Å². The van der Waals surface area contributed by atoms with Crippen LogP contribution in [0.5, 0.6) is 11.5 Å². The summed E-state index contributed by atoms with van der Waals surface area (Å²) in [6.45, 7) is 1.19. The first kappa shape index (κ1) is 23.2. The SMILES string of the molecule is COc1cc(OC)cc(-c2csc(N3CCC(S(=O)(=O)c4cc(Cl)ccc4Cl)CC3)n2)c1. The van der Waals surface area contributed by atoms with Crippen molar-refractivity contribution in [3.8, 4) is 22.8 Å². The van der Waals surface area contributed by atoms with Crippen molar-refractivity contribution >= 4 is 49.5 Å². The van der Waals surface area contributed by atoms with E-state index in [2.05, 4.69) is 4.90 Å². The second kappa shape index (κ2) is 9.47. The molecule has 0 unspecified atom stereocenters. The van der Waals surface area contributed by atoms with E-state index in [-0.39, 0.29) is 9.92 Å². The van der Waals surface area contributed by atoms with Crippen LogP contribution in [0, 0.1) is 0 Å². The number of aromatic nitrogens is 1. The molecule has 0 radical (unpaired) electrons. The van der Waals surface area contributed by atoms with Crippen LogP contribution in [0.15, 0.2) is 46.7 Å². The predicted octanol–water partition coefficient (Wildman–Crippen LogP) is 5.58. The Morgan fingerprint density at radius 1 is 1.03 bits per heavy atom. The smallest absolute Gasteiger partial charge is 0.185 e. The van der Waals surface area contributed by atoms with Gasteiger partial charge in [-0.05, 0) is 43.2 Å². The molecule has 0 saturated carbocycles. The molecule has 6 nitrogen and oxygen atoms in total. The van der Waals surface area contributed by atoms with E-state index in [0.29, 0.717) is 42.5 Å². The second-order valence-corrected chi connectivity index (χ2v) is 11.3. The molecular formula is C22H22Cl2N2O4S2. The van der Waals surface area contributed by atoms with Gasteiger partial charge in [-0.25, -0.2) is 13.4 Å². The molecule has 1 saturated heterocycles. The van der Waals surface area contributed by atoms with Crippen LogP contribution in [0.25, 0.3) is 11.3 Å². The molecule has 10 heteroatoms. The van der Waals surface area contributed by atoms with Crippen LogP contribution < -0.4 is 14.4 Å². The zero-order valence-corrected chi connectivity index (χ0v) is 20.7. The Morgan fingerprint density at radius 2 is 1.69 bits per heavy atom. The largest absolute Gasteiger partial charge is 0.497 e. The third-order valence-electron chi connectivity index (χ3n) is 5.49. The zero-order chi connectivity index (χ0) is 22.9. The standard InChI is InChI=1S/C22H22Cl2N2O4S2/c1-29-16-9-14(10-17(12-16)30-2)20-13-31-22(25-20)26-7-5-18(6-8-26)32(27,28)21-11-15(23)3-4-19(21)24/h3-4,9-13,18H,5-8H2,1-2H3. The summed E-state index contributed by atoms with van der Waals surface area (Å²) in [6, 6.07) is 10.2. The summed E-state index contributed by atoms with van der Waals surface area (Å²) in [5, 5.41) is 2.90. The molecule has 0 bridgehead atoms. The molecule has 2 heterocycles. The lowest BCUT2D eigenvalue weighted by molar-refractivity contribution is 0.394. The Hall–Kier alpha value is -2.00. The molecule has 4 rings (SSSR count). The lowest BCUT2D eigenvalue weighted by atomic mass is 10.1. The number of hydrogen-bond donors (Lipinski definition) is 0. The number of thiazole rings is 1. The fourth-order valence-electron chi connectivity index (χ4n) is 3.73. The highest BCUT2D eigenvalue weighted by Gasteiger charge is 2.33. The number of nitrogens with zero attached hydrogens (tertiary/aromatic N) is 2. The first-order valence-corrected chi connectivity index (χ1v) is 13.1. The normalized spacial score (nSPS) is 15.1. The fraction of sp³-hybridized carbons (Fsp3) is 0.318. The van der Waals surface area contributed by atoms with Crippen molar-refractivity contribution in [1.29, 1.82) is 0 Å². The Morgan fingerprint density at radius 3 is 2.31 bits per heavy atom. The van der Waals surface area contributed by atoms with E-state index in [9.17, 15) is 8.42 Å². The number of hydrogen-bond acceptors (Lipinski definition) is 7. The van der Waals surface area contributed by atoms with Gasteiger partial charge in [0, 0.05) is 35.1 Å². The minimum atomic E-state index is -3.56. The van der Waals surface area contributed by atoms with Crippen LogP contribution in [0.2, 0.25) is 10.0 Å². The first-order valence-electron chi connectivity index (χ1n) is 9.94. The lowest BCUT2D eigenvalue weighted by Gasteiger charge is -2.31. The quantitative estimate of drug-likeness (QED) is 0.429. The molecular weight excluding hydrogens is 491 g/mol. The highest BCUT2D eigenvalue weighted by Crippen LogP contribution is 2.36. The van der Waals surface area contributed by atoms with Crippen LogP contribution in [0.3, 0.4) is 0 Å². The molecule has 3 aromatic rings. The van der Waals surface area contributed by atoms with Gasteiger partial charge in [0.05, 0.1) is 35.1 Å². The van der Waals surface area contributed by atoms with Gasteiger partial charge in [-0.3, -0.25) is 0 Å². The Labute approximate surface area is 201 Å². The van der Waals surface area contributed by atoms with Crippen molar-refractivity contribution in [3.05, 3.63) is 51.8 Å². The lowest BCUT2D eigenvalue weighted by Crippen LogP contribution is -2.39. The van der Waals surface area contributed by atoms with Gasteiger partial charge in [0.2, 0.25) is 0 Å². The number of rotatable bonds is 6. The molecule has 1 fully saturated rings. The first-order chi connectivity index (χ1) is 15.3. The van der Waals surface area contributed by atoms with E-state index < -0.39 is 15.1 Å². The van der Waals surface area contributed by atoms with Gasteiger partial charge in [0.1, 0.15) is 11.5 Å². The molecule has 0 spiro atoms. The molecule has 0 N–H and O–H groups in total. The van der Waals surface area contributed by atoms with Gasteiger partial charge in [-0.1, -0.05) is 23.2 Å². The van der Waals surface area contributed by atoms with Gasteiger partial charge >= 0.3 is 0 Å². The van der Waals surface area contributed by atoms with Crippen molar-refractivity contribution in [2.75, 3.05) is 32.2 Å². The van der Waals surface area contributed by atoms with Crippen molar-refractivity contribution in [2.24, 2.45) is 0 Å². The summed E-state index contributed by atoms with van der Waals surface area (Å²) in [6.07, 6.45) is 0.986. The van der Waals surface area contributed by atoms with Gasteiger partial charge in [0.25, 0.3) is 0 Å². The van der Waals surface area contributed by atoms with E-state index in [0.717, 1.165) is 16.4 Å². The second-order valence-electron chi connectivity index (χ2n) is 7.42. The van der Waals surface area contributed by atoms with Gasteiger partial charge in [-0.15, -0.1) is 11.3 Å². The number of piperidine rings is 1. The maximum Gasteiger partial charge on any atom is 0.185 e. The van der Waals surface area contributed by atoms with E-state index in [1.165, 1.54) is 23.5 Å². The van der Waals surface area contributed by atoms with E-state index in [4.69, 9.17) is 37.7 Å². The Balaban J connectivity index is 1.49. The molecule has 1 aromatic heterocycles. The monoisotopic (exact) mass is 512 g/mol. The summed E-state index contributed by atoms with van der Waals surface area (Å²) in [5.74, 6) is 1.39. The number of sulfone groups is 1.